The molecule has 0 radical (unpaired) electrons. The van der Waals surface area contributed by atoms with Crippen LogP contribution in [0.25, 0.3) is 0 Å². The predicted octanol–water partition coefficient (Wildman–Crippen LogP) is 1.30. The van der Waals surface area contributed by atoms with E-state index >= 15 is 0 Å². The van der Waals surface area contributed by atoms with Crippen LogP contribution in [0.5, 0.6) is 0 Å². The summed E-state index contributed by atoms with van der Waals surface area (Å²) in [6.45, 7) is 3.08. The molecule has 1 heterocycles. The molecule has 2 atom stereocenters. The van der Waals surface area contributed by atoms with Gasteiger partial charge in [-0.2, -0.15) is 0 Å². The van der Waals surface area contributed by atoms with Crippen molar-refractivity contribution in [3.63, 3.8) is 0 Å². The van der Waals surface area contributed by atoms with Crippen molar-refractivity contribution in [2.24, 2.45) is 0 Å². The van der Waals surface area contributed by atoms with Gasteiger partial charge in [-0.3, -0.25) is 9.59 Å². The molecule has 0 unspecified atom stereocenters. The van der Waals surface area contributed by atoms with Crippen molar-refractivity contribution in [2.75, 3.05) is 0 Å². The lowest BCUT2D eigenvalue weighted by Crippen LogP contribution is -2.45. The van der Waals surface area contributed by atoms with E-state index in [0.717, 1.165) is 30.6 Å². The van der Waals surface area contributed by atoms with E-state index in [-0.39, 0.29) is 17.9 Å². The normalized spacial score (nSPS) is 19.8. The lowest BCUT2D eigenvalue weighted by molar-refractivity contribution is -0.128. The highest BCUT2D eigenvalue weighted by Crippen LogP contribution is 2.30. The number of nitrogens with one attached hydrogen (secondary N) is 2. The number of furan rings is 1. The SMILES string of the molecule is CC(=O)N[C@H](C)C(=O)N[C@H]1CCCc2occc21. The lowest BCUT2D eigenvalue weighted by atomic mass is 9.93. The molecule has 0 aromatic carbocycles. The number of hydrogen-bond acceptors (Lipinski definition) is 3. The molecule has 2 amide bonds. The van der Waals surface area contributed by atoms with Gasteiger partial charge in [0.15, 0.2) is 0 Å². The molecule has 5 nitrogen and oxygen atoms in total. The number of carbonyl (C=O) groups excluding carboxylic acids is 2. The maximum absolute atomic E-state index is 11.9. The lowest BCUT2D eigenvalue weighted by Gasteiger charge is -2.24. The fraction of sp³-hybridized carbons (Fsp3) is 0.538. The van der Waals surface area contributed by atoms with Crippen LogP contribution in [-0.2, 0) is 16.0 Å². The van der Waals surface area contributed by atoms with Gasteiger partial charge in [0.05, 0.1) is 12.3 Å². The molecule has 18 heavy (non-hydrogen) atoms. The summed E-state index contributed by atoms with van der Waals surface area (Å²) in [6, 6.07) is 1.39. The molecular formula is C13H18N2O3. The van der Waals surface area contributed by atoms with E-state index in [9.17, 15) is 9.59 Å². The van der Waals surface area contributed by atoms with Gasteiger partial charge in [-0.25, -0.2) is 0 Å². The second-order valence-corrected chi connectivity index (χ2v) is 4.67. The van der Waals surface area contributed by atoms with E-state index < -0.39 is 6.04 Å². The molecule has 0 bridgehead atoms. The second-order valence-electron chi connectivity index (χ2n) is 4.67. The Labute approximate surface area is 106 Å². The number of carbonyl (C=O) groups is 2. The number of amides is 2. The molecule has 0 spiro atoms. The monoisotopic (exact) mass is 250 g/mol. The molecule has 0 fully saturated rings. The van der Waals surface area contributed by atoms with E-state index in [4.69, 9.17) is 4.42 Å². The Morgan fingerprint density at radius 1 is 1.50 bits per heavy atom. The van der Waals surface area contributed by atoms with Crippen molar-refractivity contribution in [3.05, 3.63) is 23.7 Å². The zero-order valence-corrected chi connectivity index (χ0v) is 10.7. The molecule has 2 rings (SSSR count). The summed E-state index contributed by atoms with van der Waals surface area (Å²) in [7, 11) is 0. The fourth-order valence-corrected chi connectivity index (χ4v) is 2.30. The first-order chi connectivity index (χ1) is 8.58. The van der Waals surface area contributed by atoms with Gasteiger partial charge in [0, 0.05) is 18.9 Å². The number of aryl methyl sites for hydroxylation is 1. The van der Waals surface area contributed by atoms with Crippen LogP contribution in [0.2, 0.25) is 0 Å². The molecule has 1 aromatic heterocycles. The predicted molar refractivity (Wildman–Crippen MR) is 65.8 cm³/mol. The van der Waals surface area contributed by atoms with Gasteiger partial charge in [0.1, 0.15) is 11.8 Å². The van der Waals surface area contributed by atoms with Gasteiger partial charge in [0.25, 0.3) is 0 Å². The van der Waals surface area contributed by atoms with Gasteiger partial charge in [0.2, 0.25) is 11.8 Å². The maximum atomic E-state index is 11.9. The van der Waals surface area contributed by atoms with E-state index in [1.165, 1.54) is 6.92 Å². The zero-order chi connectivity index (χ0) is 13.1. The first-order valence-electron chi connectivity index (χ1n) is 6.21. The van der Waals surface area contributed by atoms with Gasteiger partial charge in [-0.05, 0) is 25.8 Å². The number of hydrogen-bond donors (Lipinski definition) is 2. The van der Waals surface area contributed by atoms with E-state index in [2.05, 4.69) is 10.6 Å². The summed E-state index contributed by atoms with van der Waals surface area (Å²) in [5.74, 6) is 0.591. The minimum Gasteiger partial charge on any atom is -0.469 e. The summed E-state index contributed by atoms with van der Waals surface area (Å²) >= 11 is 0. The van der Waals surface area contributed by atoms with Crippen LogP contribution in [0.3, 0.4) is 0 Å². The van der Waals surface area contributed by atoms with Crippen molar-refractivity contribution in [1.82, 2.24) is 10.6 Å². The third-order valence-corrected chi connectivity index (χ3v) is 3.18. The minimum atomic E-state index is -0.514. The van der Waals surface area contributed by atoms with Crippen LogP contribution in [0.15, 0.2) is 16.7 Å². The smallest absolute Gasteiger partial charge is 0.242 e. The third-order valence-electron chi connectivity index (χ3n) is 3.18. The quantitative estimate of drug-likeness (QED) is 0.849. The Morgan fingerprint density at radius 2 is 2.28 bits per heavy atom. The Hall–Kier alpha value is -1.78. The summed E-state index contributed by atoms with van der Waals surface area (Å²) in [5.41, 5.74) is 1.06. The van der Waals surface area contributed by atoms with Crippen LogP contribution in [0, 0.1) is 0 Å². The fourth-order valence-electron chi connectivity index (χ4n) is 2.30. The number of fused-ring (bicyclic) bond motifs is 1. The molecule has 2 N–H and O–H groups in total. The second kappa shape index (κ2) is 5.25. The van der Waals surface area contributed by atoms with Crippen molar-refractivity contribution < 1.29 is 14.0 Å². The van der Waals surface area contributed by atoms with Crippen molar-refractivity contribution in [1.29, 1.82) is 0 Å². The number of rotatable bonds is 3. The van der Waals surface area contributed by atoms with Gasteiger partial charge < -0.3 is 15.1 Å². The molecule has 0 saturated carbocycles. The Balaban J connectivity index is 1.99. The first kappa shape index (κ1) is 12.7. The van der Waals surface area contributed by atoms with E-state index in [1.54, 1.807) is 13.2 Å². The molecule has 0 saturated heterocycles. The molecular weight excluding hydrogens is 232 g/mol. The van der Waals surface area contributed by atoms with Crippen LogP contribution in [0.1, 0.15) is 44.1 Å². The average molecular weight is 250 g/mol. The van der Waals surface area contributed by atoms with Crippen molar-refractivity contribution >= 4 is 11.8 Å². The summed E-state index contributed by atoms with van der Waals surface area (Å²) < 4.78 is 5.37. The first-order valence-corrected chi connectivity index (χ1v) is 6.21. The van der Waals surface area contributed by atoms with Crippen molar-refractivity contribution in [3.8, 4) is 0 Å². The standard InChI is InChI=1S/C13H18N2O3/c1-8(14-9(2)16)13(17)15-11-4-3-5-12-10(11)6-7-18-12/h6-8,11H,3-5H2,1-2H3,(H,14,16)(H,15,17)/t8-,11+/m1/s1. The van der Waals surface area contributed by atoms with E-state index in [0.29, 0.717) is 0 Å². The summed E-state index contributed by atoms with van der Waals surface area (Å²) in [4.78, 5) is 22.8. The highest BCUT2D eigenvalue weighted by atomic mass is 16.3. The Kier molecular flexibility index (Phi) is 3.69. The van der Waals surface area contributed by atoms with Gasteiger partial charge in [-0.1, -0.05) is 0 Å². The van der Waals surface area contributed by atoms with Crippen molar-refractivity contribution in [2.45, 2.75) is 45.2 Å². The largest absolute Gasteiger partial charge is 0.469 e. The summed E-state index contributed by atoms with van der Waals surface area (Å²) in [6.07, 6.45) is 4.49. The average Bonchev–Trinajstić information content (AvgIpc) is 2.77. The van der Waals surface area contributed by atoms with E-state index in [1.807, 2.05) is 6.07 Å². The zero-order valence-electron chi connectivity index (χ0n) is 10.7. The molecule has 1 aromatic rings. The molecule has 0 aliphatic heterocycles. The topological polar surface area (TPSA) is 71.3 Å². The Morgan fingerprint density at radius 3 is 3.00 bits per heavy atom. The highest BCUT2D eigenvalue weighted by molar-refractivity contribution is 5.86. The molecule has 98 valence electrons. The molecule has 5 heteroatoms. The van der Waals surface area contributed by atoms with Gasteiger partial charge in [-0.15, -0.1) is 0 Å². The highest BCUT2D eigenvalue weighted by Gasteiger charge is 2.25. The minimum absolute atomic E-state index is 0.00351. The molecule has 1 aliphatic rings. The van der Waals surface area contributed by atoms with Crippen LogP contribution < -0.4 is 10.6 Å². The molecule has 1 aliphatic carbocycles. The Bertz CT molecular complexity index is 453. The third kappa shape index (κ3) is 2.72. The van der Waals surface area contributed by atoms with Crippen LogP contribution >= 0.6 is 0 Å². The van der Waals surface area contributed by atoms with Crippen LogP contribution in [-0.4, -0.2) is 17.9 Å². The van der Waals surface area contributed by atoms with Crippen LogP contribution in [0.4, 0.5) is 0 Å². The van der Waals surface area contributed by atoms with Gasteiger partial charge >= 0.3 is 0 Å². The summed E-state index contributed by atoms with van der Waals surface area (Å²) in [5, 5.41) is 5.53. The maximum Gasteiger partial charge on any atom is 0.242 e.